The molecule has 3 N–H and O–H groups in total. The van der Waals surface area contributed by atoms with Crippen LogP contribution in [0.1, 0.15) is 16.8 Å². The van der Waals surface area contributed by atoms with Crippen molar-refractivity contribution in [2.45, 2.75) is 12.5 Å². The summed E-state index contributed by atoms with van der Waals surface area (Å²) in [5.41, 5.74) is 0.145. The molecule has 5 nitrogen and oxygen atoms in total. The molecule has 0 aliphatic carbocycles. The molecule has 0 radical (unpaired) electrons. The van der Waals surface area contributed by atoms with E-state index < -0.39 is 6.10 Å². The van der Waals surface area contributed by atoms with Gasteiger partial charge in [-0.05, 0) is 18.6 Å². The van der Waals surface area contributed by atoms with Crippen molar-refractivity contribution in [2.75, 3.05) is 13.1 Å². The van der Waals surface area contributed by atoms with Crippen molar-refractivity contribution in [2.24, 2.45) is 0 Å². The zero-order valence-corrected chi connectivity index (χ0v) is 8.63. The number of phenolic OH excluding ortho intramolecular Hbond substituents is 2. The predicted molar refractivity (Wildman–Crippen MR) is 56.3 cm³/mol. The van der Waals surface area contributed by atoms with Crippen LogP contribution in [0.15, 0.2) is 18.2 Å². The molecule has 1 aromatic rings. The molecule has 1 saturated heterocycles. The first-order valence-corrected chi connectivity index (χ1v) is 5.07. The molecule has 0 bridgehead atoms. The van der Waals surface area contributed by atoms with Crippen molar-refractivity contribution in [3.63, 3.8) is 0 Å². The first kappa shape index (κ1) is 10.8. The monoisotopic (exact) mass is 223 g/mol. The van der Waals surface area contributed by atoms with Gasteiger partial charge in [-0.15, -0.1) is 0 Å². The number of carbonyl (C=O) groups excluding carboxylic acids is 1. The maximum atomic E-state index is 11.9. The third kappa shape index (κ3) is 1.94. The second-order valence-corrected chi connectivity index (χ2v) is 3.90. The second kappa shape index (κ2) is 4.02. The lowest BCUT2D eigenvalue weighted by molar-refractivity contribution is 0.0762. The van der Waals surface area contributed by atoms with Gasteiger partial charge in [-0.2, -0.15) is 0 Å². The van der Waals surface area contributed by atoms with E-state index in [0.717, 1.165) is 6.07 Å². The van der Waals surface area contributed by atoms with E-state index in [4.69, 9.17) is 5.11 Å². The van der Waals surface area contributed by atoms with Gasteiger partial charge < -0.3 is 20.2 Å². The summed E-state index contributed by atoms with van der Waals surface area (Å²) >= 11 is 0. The third-order valence-electron chi connectivity index (χ3n) is 2.66. The predicted octanol–water partition coefficient (Wildman–Crippen LogP) is 0.305. The minimum Gasteiger partial charge on any atom is -0.508 e. The highest BCUT2D eigenvalue weighted by molar-refractivity contribution is 5.97. The second-order valence-electron chi connectivity index (χ2n) is 3.90. The van der Waals surface area contributed by atoms with Gasteiger partial charge in [0.2, 0.25) is 0 Å². The van der Waals surface area contributed by atoms with E-state index in [9.17, 15) is 15.0 Å². The van der Waals surface area contributed by atoms with Crippen LogP contribution in [0.4, 0.5) is 0 Å². The normalized spacial score (nSPS) is 20.1. The number of benzene rings is 1. The van der Waals surface area contributed by atoms with E-state index in [-0.39, 0.29) is 23.0 Å². The Labute approximate surface area is 92.6 Å². The molecule has 5 heteroatoms. The standard InChI is InChI=1S/C11H13NO4/c13-7-1-2-9(10(15)5-7)11(16)12-4-3-8(14)6-12/h1-2,5,8,13-15H,3-4,6H2/t8-/m1/s1. The molecule has 0 aromatic heterocycles. The number of aliphatic hydroxyl groups is 1. The molecule has 2 rings (SSSR count). The number of carbonyl (C=O) groups is 1. The van der Waals surface area contributed by atoms with Gasteiger partial charge in [0.05, 0.1) is 11.7 Å². The van der Waals surface area contributed by atoms with Crippen molar-refractivity contribution in [1.29, 1.82) is 0 Å². The topological polar surface area (TPSA) is 81.0 Å². The summed E-state index contributed by atoms with van der Waals surface area (Å²) in [4.78, 5) is 13.4. The van der Waals surface area contributed by atoms with E-state index in [0.29, 0.717) is 19.5 Å². The summed E-state index contributed by atoms with van der Waals surface area (Å²) in [6.45, 7) is 0.777. The smallest absolute Gasteiger partial charge is 0.257 e. The number of nitrogens with zero attached hydrogens (tertiary/aromatic N) is 1. The van der Waals surface area contributed by atoms with Crippen molar-refractivity contribution < 1.29 is 20.1 Å². The minimum absolute atomic E-state index is 0.0875. The molecule has 1 heterocycles. The first-order chi connectivity index (χ1) is 7.58. The van der Waals surface area contributed by atoms with E-state index in [1.165, 1.54) is 17.0 Å². The van der Waals surface area contributed by atoms with Crippen molar-refractivity contribution >= 4 is 5.91 Å². The van der Waals surface area contributed by atoms with Crippen LogP contribution in [-0.4, -0.2) is 45.3 Å². The fraction of sp³-hybridized carbons (Fsp3) is 0.364. The number of amides is 1. The SMILES string of the molecule is O=C(c1ccc(O)cc1O)N1CC[C@@H](O)C1. The Morgan fingerprint density at radius 1 is 1.38 bits per heavy atom. The molecule has 1 amide bonds. The lowest BCUT2D eigenvalue weighted by atomic mass is 10.1. The Morgan fingerprint density at radius 2 is 2.12 bits per heavy atom. The van der Waals surface area contributed by atoms with Crippen LogP contribution in [0.3, 0.4) is 0 Å². The number of likely N-dealkylation sites (tertiary alicyclic amines) is 1. The number of β-amino-alcohol motifs (C(OH)–C–C–N with tert-alkyl or cyclic N) is 1. The van der Waals surface area contributed by atoms with Crippen LogP contribution in [0.5, 0.6) is 11.5 Å². The Morgan fingerprint density at radius 3 is 2.69 bits per heavy atom. The summed E-state index contributed by atoms with van der Waals surface area (Å²) in [5.74, 6) is -0.657. The van der Waals surface area contributed by atoms with Gasteiger partial charge in [0.25, 0.3) is 5.91 Å². The zero-order chi connectivity index (χ0) is 11.7. The van der Waals surface area contributed by atoms with Crippen LogP contribution in [0.2, 0.25) is 0 Å². The molecule has 1 aromatic carbocycles. The number of aliphatic hydroxyl groups excluding tert-OH is 1. The Balaban J connectivity index is 2.21. The number of phenols is 2. The molecule has 1 fully saturated rings. The Bertz CT molecular complexity index is 418. The molecule has 0 unspecified atom stereocenters. The fourth-order valence-corrected chi connectivity index (χ4v) is 1.80. The molecule has 16 heavy (non-hydrogen) atoms. The fourth-order valence-electron chi connectivity index (χ4n) is 1.80. The summed E-state index contributed by atoms with van der Waals surface area (Å²) in [6, 6.07) is 3.84. The Hall–Kier alpha value is -1.75. The van der Waals surface area contributed by atoms with E-state index in [1.807, 2.05) is 0 Å². The summed E-state index contributed by atoms with van der Waals surface area (Å²) in [6.07, 6.45) is 0.0770. The van der Waals surface area contributed by atoms with Crippen molar-refractivity contribution in [1.82, 2.24) is 4.90 Å². The molecule has 86 valence electrons. The van der Waals surface area contributed by atoms with Crippen LogP contribution in [0.25, 0.3) is 0 Å². The molecular formula is C11H13NO4. The maximum Gasteiger partial charge on any atom is 0.257 e. The van der Waals surface area contributed by atoms with Crippen molar-refractivity contribution in [3.05, 3.63) is 23.8 Å². The van der Waals surface area contributed by atoms with Crippen LogP contribution in [-0.2, 0) is 0 Å². The van der Waals surface area contributed by atoms with Crippen LogP contribution >= 0.6 is 0 Å². The number of hydrogen-bond acceptors (Lipinski definition) is 4. The highest BCUT2D eigenvalue weighted by atomic mass is 16.3. The molecule has 0 spiro atoms. The average Bonchev–Trinajstić information content (AvgIpc) is 2.64. The highest BCUT2D eigenvalue weighted by Crippen LogP contribution is 2.25. The first-order valence-electron chi connectivity index (χ1n) is 5.07. The van der Waals surface area contributed by atoms with Gasteiger partial charge in [-0.3, -0.25) is 4.79 Å². The summed E-state index contributed by atoms with van der Waals surface area (Å²) < 4.78 is 0. The lowest BCUT2D eigenvalue weighted by Crippen LogP contribution is -2.29. The largest absolute Gasteiger partial charge is 0.508 e. The highest BCUT2D eigenvalue weighted by Gasteiger charge is 2.26. The van der Waals surface area contributed by atoms with Gasteiger partial charge in [-0.1, -0.05) is 0 Å². The zero-order valence-electron chi connectivity index (χ0n) is 8.63. The van der Waals surface area contributed by atoms with Crippen LogP contribution in [0, 0.1) is 0 Å². The van der Waals surface area contributed by atoms with Gasteiger partial charge in [0, 0.05) is 19.2 Å². The molecule has 0 saturated carbocycles. The number of rotatable bonds is 1. The maximum absolute atomic E-state index is 11.9. The molecule has 1 atom stereocenters. The number of hydrogen-bond donors (Lipinski definition) is 3. The van der Waals surface area contributed by atoms with Crippen LogP contribution < -0.4 is 0 Å². The third-order valence-corrected chi connectivity index (χ3v) is 2.66. The van der Waals surface area contributed by atoms with Gasteiger partial charge in [0.15, 0.2) is 0 Å². The van der Waals surface area contributed by atoms with E-state index in [1.54, 1.807) is 0 Å². The van der Waals surface area contributed by atoms with Gasteiger partial charge >= 0.3 is 0 Å². The average molecular weight is 223 g/mol. The van der Waals surface area contributed by atoms with E-state index >= 15 is 0 Å². The quantitative estimate of drug-likeness (QED) is 0.639. The minimum atomic E-state index is -0.483. The number of aromatic hydroxyl groups is 2. The molecular weight excluding hydrogens is 210 g/mol. The molecule has 1 aliphatic rings. The lowest BCUT2D eigenvalue weighted by Gasteiger charge is -2.16. The van der Waals surface area contributed by atoms with E-state index in [2.05, 4.69) is 0 Å². The van der Waals surface area contributed by atoms with Crippen molar-refractivity contribution in [3.8, 4) is 11.5 Å². The summed E-state index contributed by atoms with van der Waals surface area (Å²) in [5, 5.41) is 27.9. The Kier molecular flexibility index (Phi) is 2.70. The van der Waals surface area contributed by atoms with Gasteiger partial charge in [-0.25, -0.2) is 0 Å². The molecule has 1 aliphatic heterocycles. The van der Waals surface area contributed by atoms with Gasteiger partial charge in [0.1, 0.15) is 11.5 Å². The summed E-state index contributed by atoms with van der Waals surface area (Å²) in [7, 11) is 0.